The highest BCUT2D eigenvalue weighted by molar-refractivity contribution is 14.1. The van der Waals surface area contributed by atoms with Crippen molar-refractivity contribution in [2.75, 3.05) is 6.61 Å². The van der Waals surface area contributed by atoms with Gasteiger partial charge in [-0.2, -0.15) is 0 Å². The Morgan fingerprint density at radius 2 is 1.79 bits per heavy atom. The minimum Gasteiger partial charge on any atom is -0.491 e. The maximum atomic E-state index is 12.3. The molecule has 152 valence electrons. The predicted octanol–water partition coefficient (Wildman–Crippen LogP) is 6.54. The fourth-order valence-corrected chi connectivity index (χ4v) is 4.95. The third kappa shape index (κ3) is 5.59. The Bertz CT molecular complexity index is 940. The molecule has 0 spiro atoms. The SMILES string of the molecule is CCCCOc1c(I)cc(/C=C2\N=C(c3ccc(C(C)C)cc3)OC2=O)cc1I. The number of aliphatic imine (C=N–C) groups is 1. The summed E-state index contributed by atoms with van der Waals surface area (Å²) in [7, 11) is 0. The van der Waals surface area contributed by atoms with E-state index in [0.717, 1.165) is 36.9 Å². The molecule has 1 aliphatic heterocycles. The van der Waals surface area contributed by atoms with E-state index >= 15 is 0 Å². The van der Waals surface area contributed by atoms with Crippen LogP contribution in [0, 0.1) is 7.14 Å². The third-order valence-corrected chi connectivity index (χ3v) is 6.12. The first-order chi connectivity index (χ1) is 13.9. The lowest BCUT2D eigenvalue weighted by Crippen LogP contribution is -2.05. The Morgan fingerprint density at radius 3 is 2.38 bits per heavy atom. The summed E-state index contributed by atoms with van der Waals surface area (Å²) >= 11 is 4.53. The number of esters is 1. The topological polar surface area (TPSA) is 47.9 Å². The number of benzene rings is 2. The summed E-state index contributed by atoms with van der Waals surface area (Å²) in [5, 5.41) is 0. The summed E-state index contributed by atoms with van der Waals surface area (Å²) in [4.78, 5) is 16.7. The van der Waals surface area contributed by atoms with Gasteiger partial charge in [-0.25, -0.2) is 9.79 Å². The first-order valence-corrected chi connectivity index (χ1v) is 11.8. The Kier molecular flexibility index (Phi) is 7.72. The molecular formula is C23H23I2NO3. The van der Waals surface area contributed by atoms with Crippen LogP contribution in [0.4, 0.5) is 0 Å². The molecule has 29 heavy (non-hydrogen) atoms. The van der Waals surface area contributed by atoms with Gasteiger partial charge in [-0.3, -0.25) is 0 Å². The molecule has 0 atom stereocenters. The Labute approximate surface area is 199 Å². The zero-order valence-electron chi connectivity index (χ0n) is 16.7. The summed E-state index contributed by atoms with van der Waals surface area (Å²) in [5.41, 5.74) is 3.24. The lowest BCUT2D eigenvalue weighted by atomic mass is 10.0. The Hall–Kier alpha value is -1.42. The van der Waals surface area contributed by atoms with Crippen LogP contribution in [0.1, 0.15) is 56.2 Å². The van der Waals surface area contributed by atoms with Gasteiger partial charge in [0.2, 0.25) is 5.90 Å². The van der Waals surface area contributed by atoms with E-state index < -0.39 is 5.97 Å². The zero-order valence-corrected chi connectivity index (χ0v) is 21.0. The van der Waals surface area contributed by atoms with Crippen molar-refractivity contribution < 1.29 is 14.3 Å². The average molecular weight is 615 g/mol. The number of hydrogen-bond donors (Lipinski definition) is 0. The first-order valence-electron chi connectivity index (χ1n) is 9.63. The molecule has 3 rings (SSSR count). The molecule has 4 nitrogen and oxygen atoms in total. The summed E-state index contributed by atoms with van der Waals surface area (Å²) in [6.45, 7) is 7.14. The molecule has 6 heteroatoms. The highest BCUT2D eigenvalue weighted by Crippen LogP contribution is 2.31. The number of ether oxygens (including phenoxy) is 2. The van der Waals surface area contributed by atoms with E-state index in [1.54, 1.807) is 6.08 Å². The largest absolute Gasteiger partial charge is 0.491 e. The summed E-state index contributed by atoms with van der Waals surface area (Å²) < 4.78 is 13.3. The number of hydrogen-bond acceptors (Lipinski definition) is 4. The molecule has 0 aliphatic carbocycles. The molecule has 0 bridgehead atoms. The van der Waals surface area contributed by atoms with Gasteiger partial charge in [0.1, 0.15) is 5.75 Å². The van der Waals surface area contributed by atoms with Crippen molar-refractivity contribution in [2.24, 2.45) is 4.99 Å². The van der Waals surface area contributed by atoms with Gasteiger partial charge >= 0.3 is 5.97 Å². The molecule has 2 aromatic rings. The number of carbonyl (C=O) groups excluding carboxylic acids is 1. The highest BCUT2D eigenvalue weighted by Gasteiger charge is 2.24. The number of nitrogens with zero attached hydrogens (tertiary/aromatic N) is 1. The van der Waals surface area contributed by atoms with Crippen LogP contribution in [-0.2, 0) is 9.53 Å². The quantitative estimate of drug-likeness (QED) is 0.154. The van der Waals surface area contributed by atoms with Crippen molar-refractivity contribution in [3.05, 3.63) is 65.9 Å². The van der Waals surface area contributed by atoms with Crippen LogP contribution in [0.2, 0.25) is 0 Å². The molecule has 1 heterocycles. The molecule has 2 aromatic carbocycles. The maximum Gasteiger partial charge on any atom is 0.363 e. The van der Waals surface area contributed by atoms with Gasteiger partial charge in [0.15, 0.2) is 5.70 Å². The molecule has 0 radical (unpaired) electrons. The van der Waals surface area contributed by atoms with Crippen LogP contribution in [0.25, 0.3) is 6.08 Å². The van der Waals surface area contributed by atoms with E-state index in [4.69, 9.17) is 9.47 Å². The van der Waals surface area contributed by atoms with Gasteiger partial charge in [0.05, 0.1) is 13.7 Å². The van der Waals surface area contributed by atoms with E-state index in [1.807, 2.05) is 36.4 Å². The fourth-order valence-electron chi connectivity index (χ4n) is 2.82. The number of unbranched alkanes of at least 4 members (excludes halogenated alkanes) is 1. The smallest absolute Gasteiger partial charge is 0.363 e. The maximum absolute atomic E-state index is 12.3. The molecule has 0 unspecified atom stereocenters. The summed E-state index contributed by atoms with van der Waals surface area (Å²) in [5.74, 6) is 1.26. The Morgan fingerprint density at radius 1 is 1.14 bits per heavy atom. The predicted molar refractivity (Wildman–Crippen MR) is 133 cm³/mol. The van der Waals surface area contributed by atoms with E-state index in [2.05, 4.69) is 70.9 Å². The summed E-state index contributed by atoms with van der Waals surface area (Å²) in [6, 6.07) is 12.0. The third-order valence-electron chi connectivity index (χ3n) is 4.51. The van der Waals surface area contributed by atoms with Crippen LogP contribution < -0.4 is 4.74 Å². The van der Waals surface area contributed by atoms with Crippen LogP contribution in [-0.4, -0.2) is 18.5 Å². The van der Waals surface area contributed by atoms with Gasteiger partial charge < -0.3 is 9.47 Å². The number of rotatable bonds is 7. The normalized spacial score (nSPS) is 15.0. The minimum absolute atomic E-state index is 0.305. The zero-order chi connectivity index (χ0) is 21.0. The molecule has 1 aliphatic rings. The highest BCUT2D eigenvalue weighted by atomic mass is 127. The number of cyclic esters (lactones) is 1. The van der Waals surface area contributed by atoms with Crippen molar-refractivity contribution in [1.29, 1.82) is 0 Å². The standard InChI is InChI=1S/C23H23I2NO3/c1-4-5-10-28-21-18(24)11-15(12-19(21)25)13-20-23(27)29-22(26-20)17-8-6-16(7-9-17)14(2)3/h6-9,11-14H,4-5,10H2,1-3H3/b20-13-. The molecule has 0 aromatic heterocycles. The molecule has 0 fully saturated rings. The van der Waals surface area contributed by atoms with Gasteiger partial charge in [0.25, 0.3) is 0 Å². The second-order valence-corrected chi connectivity index (χ2v) is 9.45. The second-order valence-electron chi connectivity index (χ2n) is 7.13. The molecule has 0 amide bonds. The lowest BCUT2D eigenvalue weighted by molar-refractivity contribution is -0.129. The average Bonchev–Trinajstić information content (AvgIpc) is 3.04. The number of halogens is 2. The van der Waals surface area contributed by atoms with Crippen LogP contribution in [0.5, 0.6) is 5.75 Å². The first kappa shape index (κ1) is 22.3. The van der Waals surface area contributed by atoms with Crippen molar-refractivity contribution in [3.8, 4) is 5.75 Å². The lowest BCUT2D eigenvalue weighted by Gasteiger charge is -2.11. The van der Waals surface area contributed by atoms with Gasteiger partial charge in [-0.05, 0) is 99.0 Å². The summed E-state index contributed by atoms with van der Waals surface area (Å²) in [6.07, 6.45) is 3.89. The van der Waals surface area contributed by atoms with Crippen molar-refractivity contribution in [2.45, 2.75) is 39.5 Å². The van der Waals surface area contributed by atoms with Gasteiger partial charge in [-0.1, -0.05) is 39.3 Å². The van der Waals surface area contributed by atoms with Gasteiger partial charge in [-0.15, -0.1) is 0 Å². The van der Waals surface area contributed by atoms with Gasteiger partial charge in [0, 0.05) is 5.56 Å². The minimum atomic E-state index is -0.429. The second kappa shape index (κ2) is 10.1. The molecule has 0 saturated carbocycles. The van der Waals surface area contributed by atoms with E-state index in [1.165, 1.54) is 5.56 Å². The monoisotopic (exact) mass is 615 g/mol. The number of carbonyl (C=O) groups is 1. The van der Waals surface area contributed by atoms with Crippen LogP contribution in [0.15, 0.2) is 47.1 Å². The van der Waals surface area contributed by atoms with Crippen molar-refractivity contribution in [3.63, 3.8) is 0 Å². The Balaban J connectivity index is 1.83. The van der Waals surface area contributed by atoms with E-state index in [0.29, 0.717) is 24.1 Å². The molecule has 0 N–H and O–H groups in total. The van der Waals surface area contributed by atoms with E-state index in [-0.39, 0.29) is 0 Å². The fraction of sp³-hybridized carbons (Fsp3) is 0.304. The molecule has 0 saturated heterocycles. The van der Waals surface area contributed by atoms with E-state index in [9.17, 15) is 4.79 Å². The molecular weight excluding hydrogens is 592 g/mol. The van der Waals surface area contributed by atoms with Crippen LogP contribution >= 0.6 is 45.2 Å². The van der Waals surface area contributed by atoms with Crippen molar-refractivity contribution in [1.82, 2.24) is 0 Å². The van der Waals surface area contributed by atoms with Crippen molar-refractivity contribution >= 4 is 63.1 Å². The van der Waals surface area contributed by atoms with Crippen LogP contribution in [0.3, 0.4) is 0 Å².